The molecule has 3 aliphatic heterocycles. The molecule has 332 valence electrons. The Balaban J connectivity index is 0.000000231. The van der Waals surface area contributed by atoms with E-state index < -0.39 is 57.7 Å². The molecule has 0 bridgehead atoms. The van der Waals surface area contributed by atoms with Gasteiger partial charge in [0.15, 0.2) is 0 Å². The van der Waals surface area contributed by atoms with Crippen molar-refractivity contribution in [1.82, 2.24) is 31.2 Å². The highest BCUT2D eigenvalue weighted by molar-refractivity contribution is 7.99. The van der Waals surface area contributed by atoms with E-state index in [4.69, 9.17) is 9.47 Å². The molecule has 0 aliphatic carbocycles. The zero-order chi connectivity index (χ0) is 44.8. The molecule has 2 aromatic carbocycles. The fraction of sp³-hybridized carbons (Fsp3) is 0.452. The Kier molecular flexibility index (Phi) is 15.0. The number of likely N-dealkylation sites (N-methyl/N-ethyl adjacent to an activating group) is 1. The molecule has 3 aliphatic rings. The van der Waals surface area contributed by atoms with Crippen LogP contribution in [0.3, 0.4) is 0 Å². The van der Waals surface area contributed by atoms with Crippen LogP contribution in [-0.4, -0.2) is 92.7 Å². The largest absolute Gasteiger partial charge is 0.496 e. The molecule has 61 heavy (non-hydrogen) atoms. The summed E-state index contributed by atoms with van der Waals surface area (Å²) in [5, 5.41) is 12.5. The van der Waals surface area contributed by atoms with Gasteiger partial charge >= 0.3 is 12.4 Å². The predicted octanol–water partition coefficient (Wildman–Crippen LogP) is 8.20. The smallest absolute Gasteiger partial charge is 0.416 e. The number of aromatic nitrogens is 1. The van der Waals surface area contributed by atoms with E-state index in [-0.39, 0.29) is 32.4 Å². The lowest BCUT2D eigenvalue weighted by Crippen LogP contribution is -2.72. The highest BCUT2D eigenvalue weighted by Gasteiger charge is 2.49. The zero-order valence-corrected chi connectivity index (χ0v) is 36.1. The normalized spacial score (nSPS) is 23.1. The summed E-state index contributed by atoms with van der Waals surface area (Å²) >= 11 is 2.11. The van der Waals surface area contributed by atoms with Gasteiger partial charge in [-0.3, -0.25) is 14.6 Å². The molecule has 10 nitrogen and oxygen atoms in total. The Labute approximate surface area is 358 Å². The standard InChI is InChI=1S/C21H25F4N3O2S.C21H24F3N3O2S/c1-19(7-5-14(22)11-27-19)20(6-4-8-26-12-20)28-18(29)17-15(30-2)9-13(21(23,24)25)10-16(17)31-3;1-27-10-4-7-20(13-27,14-5-8-25-9-6-14)26-19(28)18-16(29-2)11-15(21(22,23)24)12-17(18)30-3/h5,7,9-11,26-27H,4,6,8,12H2,1-3H3,(H,28,29);5-6,8-9,11-12H,4,7,10,13H2,1-3H3,(H,26,28)/t19-,20?;/m1./s1. The van der Waals surface area contributed by atoms with E-state index in [1.54, 1.807) is 31.0 Å². The van der Waals surface area contributed by atoms with E-state index in [1.165, 1.54) is 26.5 Å². The number of likely N-dealkylation sites (tertiary alicyclic amines) is 1. The molecular weight excluding hydrogens is 850 g/mol. The van der Waals surface area contributed by atoms with E-state index >= 15 is 0 Å². The van der Waals surface area contributed by atoms with E-state index in [1.807, 2.05) is 26.1 Å². The second-order valence-electron chi connectivity index (χ2n) is 15.1. The van der Waals surface area contributed by atoms with Gasteiger partial charge in [0.2, 0.25) is 0 Å². The number of methoxy groups -OCH3 is 2. The van der Waals surface area contributed by atoms with Crippen molar-refractivity contribution >= 4 is 35.3 Å². The molecule has 2 saturated heterocycles. The van der Waals surface area contributed by atoms with Gasteiger partial charge in [0.1, 0.15) is 17.3 Å². The maximum atomic E-state index is 13.6. The van der Waals surface area contributed by atoms with Crippen LogP contribution in [0.5, 0.6) is 11.5 Å². The molecule has 4 heterocycles. The van der Waals surface area contributed by atoms with Crippen molar-refractivity contribution in [1.29, 1.82) is 0 Å². The first-order valence-corrected chi connectivity index (χ1v) is 21.6. The number of hydrogen-bond acceptors (Lipinski definition) is 10. The van der Waals surface area contributed by atoms with Gasteiger partial charge < -0.3 is 35.6 Å². The molecule has 0 saturated carbocycles. The highest BCUT2D eigenvalue weighted by Crippen LogP contribution is 2.41. The predicted molar refractivity (Wildman–Crippen MR) is 222 cm³/mol. The molecule has 0 spiro atoms. The molecule has 6 rings (SSSR count). The van der Waals surface area contributed by atoms with Gasteiger partial charge in [-0.2, -0.15) is 26.3 Å². The lowest BCUT2D eigenvalue weighted by atomic mass is 9.72. The number of rotatable bonds is 10. The molecule has 3 atom stereocenters. The van der Waals surface area contributed by atoms with Crippen molar-refractivity contribution in [3.63, 3.8) is 0 Å². The van der Waals surface area contributed by atoms with Gasteiger partial charge in [0, 0.05) is 41.5 Å². The number of halogens is 7. The Morgan fingerprint density at radius 3 is 1.85 bits per heavy atom. The summed E-state index contributed by atoms with van der Waals surface area (Å²) in [4.78, 5) is 33.4. The summed E-state index contributed by atoms with van der Waals surface area (Å²) in [6.07, 6.45) is 4.66. The van der Waals surface area contributed by atoms with Crippen molar-refractivity contribution in [2.24, 2.45) is 0 Å². The van der Waals surface area contributed by atoms with Crippen molar-refractivity contribution in [2.75, 3.05) is 60.0 Å². The highest BCUT2D eigenvalue weighted by atomic mass is 32.2. The van der Waals surface area contributed by atoms with Crippen LogP contribution in [0.1, 0.15) is 70.0 Å². The quantitative estimate of drug-likeness (QED) is 0.117. The minimum absolute atomic E-state index is 0.0399. The van der Waals surface area contributed by atoms with Crippen LogP contribution in [-0.2, 0) is 17.9 Å². The van der Waals surface area contributed by atoms with Crippen molar-refractivity contribution < 1.29 is 49.8 Å². The minimum Gasteiger partial charge on any atom is -0.496 e. The second kappa shape index (κ2) is 19.3. The lowest BCUT2D eigenvalue weighted by Gasteiger charge is -2.51. The van der Waals surface area contributed by atoms with Gasteiger partial charge in [-0.15, -0.1) is 23.5 Å². The van der Waals surface area contributed by atoms with E-state index in [0.29, 0.717) is 25.9 Å². The number of nitrogens with one attached hydrogen (secondary N) is 4. The number of benzene rings is 2. The monoisotopic (exact) mass is 898 g/mol. The second-order valence-corrected chi connectivity index (χ2v) is 16.8. The molecule has 0 radical (unpaired) electrons. The number of carbonyl (C=O) groups excluding carboxylic acids is 2. The zero-order valence-electron chi connectivity index (χ0n) is 34.5. The van der Waals surface area contributed by atoms with Crippen LogP contribution in [0.15, 0.2) is 82.8 Å². The van der Waals surface area contributed by atoms with Crippen LogP contribution >= 0.6 is 23.5 Å². The van der Waals surface area contributed by atoms with Crippen LogP contribution in [0.4, 0.5) is 30.7 Å². The third-order valence-corrected chi connectivity index (χ3v) is 12.7. The SMILES string of the molecule is COc1cc(C(F)(F)F)cc(SC)c1C(=O)NC1([C@@]2(C)C=CC(F)=CN2)CCCNC1.COc1cc(C(F)(F)F)cc(SC)c1C(=O)NC1(c2ccncc2)CCCN(C)C1. The number of hydrogen-bond donors (Lipinski definition) is 4. The molecule has 19 heteroatoms. The van der Waals surface area contributed by atoms with E-state index in [0.717, 1.165) is 79.3 Å². The molecule has 2 amide bonds. The van der Waals surface area contributed by atoms with Crippen molar-refractivity contribution in [2.45, 2.75) is 71.4 Å². The average Bonchev–Trinajstić information content (AvgIpc) is 3.23. The number of dihydropyridines is 1. The molecule has 2 unspecified atom stereocenters. The van der Waals surface area contributed by atoms with Gasteiger partial charge in [-0.25, -0.2) is 4.39 Å². The lowest BCUT2D eigenvalue weighted by molar-refractivity contribution is -0.138. The van der Waals surface area contributed by atoms with Crippen LogP contribution in [0, 0.1) is 0 Å². The Bertz CT molecular complexity index is 2070. The molecule has 3 aromatic rings. The number of carbonyl (C=O) groups is 2. The summed E-state index contributed by atoms with van der Waals surface area (Å²) < 4.78 is 104. The maximum Gasteiger partial charge on any atom is 0.416 e. The van der Waals surface area contributed by atoms with E-state index in [2.05, 4.69) is 31.2 Å². The van der Waals surface area contributed by atoms with Crippen LogP contribution in [0.25, 0.3) is 0 Å². The maximum absolute atomic E-state index is 13.6. The number of ether oxygens (including phenoxy) is 2. The summed E-state index contributed by atoms with van der Waals surface area (Å²) in [5.74, 6) is -1.70. The first-order chi connectivity index (χ1) is 28.7. The Hall–Kier alpha value is -4.46. The Morgan fingerprint density at radius 2 is 1.41 bits per heavy atom. The Morgan fingerprint density at radius 1 is 0.852 bits per heavy atom. The number of piperidine rings is 2. The van der Waals surface area contributed by atoms with Crippen LogP contribution in [0.2, 0.25) is 0 Å². The van der Waals surface area contributed by atoms with Crippen molar-refractivity contribution in [3.05, 3.63) is 101 Å². The number of pyridine rings is 1. The minimum atomic E-state index is -4.57. The van der Waals surface area contributed by atoms with Crippen LogP contribution < -0.4 is 30.7 Å². The van der Waals surface area contributed by atoms with Gasteiger partial charge in [-0.05, 0) is 113 Å². The van der Waals surface area contributed by atoms with Gasteiger partial charge in [-0.1, -0.05) is 6.08 Å². The number of alkyl halides is 6. The average molecular weight is 899 g/mol. The molecule has 2 fully saturated rings. The molecule has 4 N–H and O–H groups in total. The summed E-state index contributed by atoms with van der Waals surface area (Å²) in [7, 11) is 4.48. The number of amides is 2. The number of allylic oxidation sites excluding steroid dienone is 2. The third-order valence-electron chi connectivity index (χ3n) is 11.2. The fourth-order valence-electron chi connectivity index (χ4n) is 7.95. The third kappa shape index (κ3) is 10.6. The van der Waals surface area contributed by atoms with Gasteiger partial charge in [0.05, 0.1) is 53.1 Å². The summed E-state index contributed by atoms with van der Waals surface area (Å²) in [6, 6.07) is 7.37. The summed E-state index contributed by atoms with van der Waals surface area (Å²) in [5.41, 5.74) is -3.00. The topological polar surface area (TPSA) is 117 Å². The molecular formula is C42H49F7N6O4S2. The van der Waals surface area contributed by atoms with Crippen molar-refractivity contribution in [3.8, 4) is 11.5 Å². The first-order valence-electron chi connectivity index (χ1n) is 19.2. The summed E-state index contributed by atoms with van der Waals surface area (Å²) in [6.45, 7) is 4.50. The molecule has 1 aromatic heterocycles. The van der Waals surface area contributed by atoms with Gasteiger partial charge in [0.25, 0.3) is 11.8 Å². The number of thioether (sulfide) groups is 2. The number of nitrogens with zero attached hydrogens (tertiary/aromatic N) is 2. The van der Waals surface area contributed by atoms with E-state index in [9.17, 15) is 40.3 Å². The first kappa shape index (κ1) is 47.6. The fourth-order valence-corrected chi connectivity index (χ4v) is 9.24.